The van der Waals surface area contributed by atoms with Gasteiger partial charge in [0, 0.05) is 7.05 Å². The molecule has 0 aliphatic carbocycles. The van der Waals surface area contributed by atoms with Gasteiger partial charge in [-0.3, -0.25) is 10.1 Å². The average molecular weight is 222 g/mol. The van der Waals surface area contributed by atoms with Gasteiger partial charge in [-0.1, -0.05) is 0 Å². The van der Waals surface area contributed by atoms with Gasteiger partial charge in [0.2, 0.25) is 0 Å². The van der Waals surface area contributed by atoms with Gasteiger partial charge in [-0.2, -0.15) is 5.26 Å². The van der Waals surface area contributed by atoms with E-state index >= 15 is 0 Å². The van der Waals surface area contributed by atoms with Crippen LogP contribution in [0.25, 0.3) is 0 Å². The monoisotopic (exact) mass is 222 g/mol. The number of carbonyl (C=O) groups excluding carboxylic acids is 2. The van der Waals surface area contributed by atoms with Crippen molar-refractivity contribution >= 4 is 11.9 Å². The lowest BCUT2D eigenvalue weighted by Crippen LogP contribution is -2.40. The summed E-state index contributed by atoms with van der Waals surface area (Å²) in [4.78, 5) is 26.0. The molecular formula is C8H10N6O2. The topological polar surface area (TPSA) is 113 Å². The third-order valence-corrected chi connectivity index (χ3v) is 1.85. The van der Waals surface area contributed by atoms with Crippen molar-refractivity contribution < 1.29 is 9.59 Å². The number of rotatable bonds is 2. The first-order chi connectivity index (χ1) is 7.58. The Kier molecular flexibility index (Phi) is 3.55. The summed E-state index contributed by atoms with van der Waals surface area (Å²) < 4.78 is 1.21. The summed E-state index contributed by atoms with van der Waals surface area (Å²) in [5.41, 5.74) is 0. The van der Waals surface area contributed by atoms with Crippen LogP contribution in [0.15, 0.2) is 6.33 Å². The molecule has 0 aromatic carbocycles. The second kappa shape index (κ2) is 4.88. The van der Waals surface area contributed by atoms with Gasteiger partial charge in [0.15, 0.2) is 0 Å². The van der Waals surface area contributed by atoms with Gasteiger partial charge < -0.3 is 5.32 Å². The Balaban J connectivity index is 2.71. The molecule has 1 aromatic heterocycles. The molecule has 0 saturated carbocycles. The Bertz CT molecular complexity index is 446. The number of nitrogens with zero attached hydrogens (tertiary/aromatic N) is 4. The van der Waals surface area contributed by atoms with E-state index in [-0.39, 0.29) is 5.82 Å². The van der Waals surface area contributed by atoms with Crippen molar-refractivity contribution in [1.82, 2.24) is 25.4 Å². The number of hydrogen-bond acceptors (Lipinski definition) is 5. The Morgan fingerprint density at radius 2 is 2.31 bits per heavy atom. The molecule has 0 aliphatic heterocycles. The number of aromatic nitrogens is 3. The van der Waals surface area contributed by atoms with Gasteiger partial charge in [-0.05, 0) is 6.92 Å². The van der Waals surface area contributed by atoms with E-state index in [9.17, 15) is 9.59 Å². The molecule has 84 valence electrons. The smallest absolute Gasteiger partial charge is 0.321 e. The van der Waals surface area contributed by atoms with E-state index in [4.69, 9.17) is 5.26 Å². The molecule has 0 spiro atoms. The van der Waals surface area contributed by atoms with Crippen molar-refractivity contribution in [3.8, 4) is 6.07 Å². The molecule has 1 aromatic rings. The Labute approximate surface area is 91.3 Å². The molecule has 1 atom stereocenters. The lowest BCUT2D eigenvalue weighted by molar-refractivity contribution is -0.123. The fraction of sp³-hybridized carbons (Fsp3) is 0.375. The first kappa shape index (κ1) is 11.6. The van der Waals surface area contributed by atoms with E-state index in [1.54, 1.807) is 6.07 Å². The van der Waals surface area contributed by atoms with Crippen molar-refractivity contribution in [2.75, 3.05) is 7.05 Å². The van der Waals surface area contributed by atoms with Gasteiger partial charge in [-0.15, -0.1) is 5.10 Å². The van der Waals surface area contributed by atoms with Crippen molar-refractivity contribution in [3.63, 3.8) is 0 Å². The van der Waals surface area contributed by atoms with Gasteiger partial charge >= 0.3 is 6.03 Å². The van der Waals surface area contributed by atoms with Crippen molar-refractivity contribution in [2.45, 2.75) is 13.0 Å². The van der Waals surface area contributed by atoms with E-state index in [1.807, 2.05) is 0 Å². The first-order valence-electron chi connectivity index (χ1n) is 4.42. The van der Waals surface area contributed by atoms with E-state index < -0.39 is 18.0 Å². The summed E-state index contributed by atoms with van der Waals surface area (Å²) in [6.07, 6.45) is 1.26. The van der Waals surface area contributed by atoms with Crippen LogP contribution in [0.5, 0.6) is 0 Å². The quantitative estimate of drug-likeness (QED) is 0.677. The highest BCUT2D eigenvalue weighted by Crippen LogP contribution is 2.02. The van der Waals surface area contributed by atoms with Crippen LogP contribution in [0, 0.1) is 11.3 Å². The zero-order valence-electron chi connectivity index (χ0n) is 8.76. The summed E-state index contributed by atoms with van der Waals surface area (Å²) in [7, 11) is 1.40. The number of amides is 3. The fourth-order valence-electron chi connectivity index (χ4n) is 0.912. The first-order valence-corrected chi connectivity index (χ1v) is 4.42. The van der Waals surface area contributed by atoms with Crippen molar-refractivity contribution in [3.05, 3.63) is 12.2 Å². The maximum Gasteiger partial charge on any atom is 0.321 e. The SMILES string of the molecule is CNC(=O)NC(=O)[C@@H](C)n1cnc(C#N)n1. The Hall–Kier alpha value is -2.43. The number of urea groups is 1. The molecule has 3 amide bonds. The van der Waals surface area contributed by atoms with E-state index in [0.717, 1.165) is 0 Å². The molecule has 1 rings (SSSR count). The normalized spacial score (nSPS) is 11.3. The highest BCUT2D eigenvalue weighted by atomic mass is 16.2. The number of carbonyl (C=O) groups is 2. The predicted octanol–water partition coefficient (Wildman–Crippen LogP) is -0.834. The third kappa shape index (κ3) is 2.54. The van der Waals surface area contributed by atoms with Crippen LogP contribution in [-0.4, -0.2) is 33.8 Å². The largest absolute Gasteiger partial charge is 0.341 e. The Morgan fingerprint density at radius 3 is 2.81 bits per heavy atom. The highest BCUT2D eigenvalue weighted by molar-refractivity contribution is 5.95. The van der Waals surface area contributed by atoms with E-state index in [2.05, 4.69) is 20.7 Å². The highest BCUT2D eigenvalue weighted by Gasteiger charge is 2.18. The standard InChI is InChI=1S/C8H10N6O2/c1-5(7(15)12-8(16)10-2)14-4-11-6(3-9)13-14/h4-5H,1-2H3,(H2,10,12,15,16)/t5-/m1/s1. The average Bonchev–Trinajstić information content (AvgIpc) is 2.76. The van der Waals surface area contributed by atoms with Crippen LogP contribution in [0.2, 0.25) is 0 Å². The maximum atomic E-state index is 11.5. The second-order valence-corrected chi connectivity index (χ2v) is 2.90. The summed E-state index contributed by atoms with van der Waals surface area (Å²) in [5.74, 6) is -0.562. The van der Waals surface area contributed by atoms with Crippen molar-refractivity contribution in [2.24, 2.45) is 0 Å². The maximum absolute atomic E-state index is 11.5. The fourth-order valence-corrected chi connectivity index (χ4v) is 0.912. The number of hydrogen-bond donors (Lipinski definition) is 2. The van der Waals surface area contributed by atoms with Crippen LogP contribution in [0.3, 0.4) is 0 Å². The molecule has 0 bridgehead atoms. The molecule has 0 fully saturated rings. The van der Waals surface area contributed by atoms with Gasteiger partial charge in [0.1, 0.15) is 18.4 Å². The van der Waals surface area contributed by atoms with E-state index in [1.165, 1.54) is 25.0 Å². The summed E-state index contributed by atoms with van der Waals surface area (Å²) in [6, 6.07) is 0.424. The number of nitrogens with one attached hydrogen (secondary N) is 2. The number of nitriles is 1. The molecule has 2 N–H and O–H groups in total. The van der Waals surface area contributed by atoms with Crippen LogP contribution in [0.1, 0.15) is 18.8 Å². The third-order valence-electron chi connectivity index (χ3n) is 1.85. The summed E-state index contributed by atoms with van der Waals surface area (Å²) >= 11 is 0. The molecule has 16 heavy (non-hydrogen) atoms. The van der Waals surface area contributed by atoms with Crippen molar-refractivity contribution in [1.29, 1.82) is 5.26 Å². The predicted molar refractivity (Wildman–Crippen MR) is 52.0 cm³/mol. The summed E-state index contributed by atoms with van der Waals surface area (Å²) in [5, 5.41) is 16.6. The molecule has 0 unspecified atom stereocenters. The second-order valence-electron chi connectivity index (χ2n) is 2.90. The molecule has 8 nitrogen and oxygen atoms in total. The minimum absolute atomic E-state index is 0.0282. The van der Waals surface area contributed by atoms with Crippen LogP contribution >= 0.6 is 0 Å². The van der Waals surface area contributed by atoms with Crippen LogP contribution in [-0.2, 0) is 4.79 Å². The van der Waals surface area contributed by atoms with E-state index in [0.29, 0.717) is 0 Å². The molecule has 0 radical (unpaired) electrons. The van der Waals surface area contributed by atoms with Crippen LogP contribution < -0.4 is 10.6 Å². The minimum Gasteiger partial charge on any atom is -0.341 e. The lowest BCUT2D eigenvalue weighted by atomic mass is 10.3. The number of imide groups is 1. The molecule has 1 heterocycles. The van der Waals surface area contributed by atoms with Gasteiger partial charge in [-0.25, -0.2) is 14.5 Å². The molecule has 0 aliphatic rings. The molecule has 0 saturated heterocycles. The zero-order valence-corrected chi connectivity index (χ0v) is 8.76. The Morgan fingerprint density at radius 1 is 1.62 bits per heavy atom. The summed E-state index contributed by atoms with van der Waals surface area (Å²) in [6.45, 7) is 1.54. The zero-order chi connectivity index (χ0) is 12.1. The minimum atomic E-state index is -0.716. The van der Waals surface area contributed by atoms with Gasteiger partial charge in [0.25, 0.3) is 11.7 Å². The molecule has 8 heteroatoms. The van der Waals surface area contributed by atoms with Crippen LogP contribution in [0.4, 0.5) is 4.79 Å². The lowest BCUT2D eigenvalue weighted by Gasteiger charge is -2.10. The molecular weight excluding hydrogens is 212 g/mol. The van der Waals surface area contributed by atoms with Gasteiger partial charge in [0.05, 0.1) is 0 Å².